The predicted octanol–water partition coefficient (Wildman–Crippen LogP) is 10.7. The second kappa shape index (κ2) is 13.6. The molecule has 0 spiro atoms. The van der Waals surface area contributed by atoms with Gasteiger partial charge >= 0.3 is 0 Å². The van der Waals surface area contributed by atoms with Gasteiger partial charge < -0.3 is 9.97 Å². The van der Waals surface area contributed by atoms with Gasteiger partial charge in [0.1, 0.15) is 0 Å². The summed E-state index contributed by atoms with van der Waals surface area (Å²) in [6.45, 7) is 17.8. The summed E-state index contributed by atoms with van der Waals surface area (Å²) in [4.78, 5) is 17.9. The first-order chi connectivity index (χ1) is 20.2. The van der Waals surface area contributed by atoms with Crippen molar-refractivity contribution in [2.75, 3.05) is 0 Å². The van der Waals surface area contributed by atoms with Crippen LogP contribution in [0.5, 0.6) is 0 Å². The van der Waals surface area contributed by atoms with E-state index in [-0.39, 0.29) is 34.0 Å². The number of allylic oxidation sites excluding steroid dienone is 4. The molecule has 1 aromatic carbocycles. The minimum atomic E-state index is 0. The third kappa shape index (κ3) is 5.76. The number of aryl methyl sites for hydroxylation is 3. The lowest BCUT2D eigenvalue weighted by atomic mass is 9.83. The zero-order valence-electron chi connectivity index (χ0n) is 27.4. The molecule has 3 aliphatic rings. The lowest BCUT2D eigenvalue weighted by Gasteiger charge is -2.20. The van der Waals surface area contributed by atoms with E-state index in [1.54, 1.807) is 0 Å². The third-order valence-electron chi connectivity index (χ3n) is 9.75. The molecule has 4 heterocycles. The second-order valence-corrected chi connectivity index (χ2v) is 12.1. The number of rotatable bonds is 7. The molecule has 44 heavy (non-hydrogen) atoms. The number of aliphatic imine (C=N–C) groups is 2. The smallest absolute Gasteiger partial charge is 0.0735 e. The average Bonchev–Trinajstić information content (AvgIpc) is 3.65. The first-order valence-electron chi connectivity index (χ1n) is 15.7. The summed E-state index contributed by atoms with van der Waals surface area (Å²) in [6, 6.07) is 8.88. The second-order valence-electron chi connectivity index (χ2n) is 12.1. The van der Waals surface area contributed by atoms with E-state index in [9.17, 15) is 0 Å². The van der Waals surface area contributed by atoms with Crippen molar-refractivity contribution < 1.29 is 0 Å². The largest absolute Gasteiger partial charge is 0.359 e. The monoisotopic (exact) mass is 716 g/mol. The first kappa shape index (κ1) is 33.9. The Balaban J connectivity index is 0.00000221. The molecule has 3 aromatic rings. The van der Waals surface area contributed by atoms with E-state index < -0.39 is 0 Å². The van der Waals surface area contributed by atoms with E-state index in [4.69, 9.17) is 9.98 Å². The Morgan fingerprint density at radius 3 is 1.84 bits per heavy atom. The van der Waals surface area contributed by atoms with Gasteiger partial charge in [-0.1, -0.05) is 45.0 Å². The van der Waals surface area contributed by atoms with E-state index in [0.29, 0.717) is 0 Å². The zero-order chi connectivity index (χ0) is 29.7. The maximum Gasteiger partial charge on any atom is 0.0735 e. The summed E-state index contributed by atoms with van der Waals surface area (Å²) in [7, 11) is 0. The van der Waals surface area contributed by atoms with Crippen molar-refractivity contribution in [2.45, 2.75) is 93.9 Å². The van der Waals surface area contributed by atoms with Gasteiger partial charge in [-0.2, -0.15) is 0 Å². The van der Waals surface area contributed by atoms with Crippen molar-refractivity contribution in [1.29, 1.82) is 0 Å². The summed E-state index contributed by atoms with van der Waals surface area (Å²) in [5.41, 5.74) is 23.0. The van der Waals surface area contributed by atoms with Gasteiger partial charge in [-0.15, -0.1) is 34.0 Å². The molecule has 2 aliphatic heterocycles. The van der Waals surface area contributed by atoms with Crippen LogP contribution in [0.1, 0.15) is 103 Å². The van der Waals surface area contributed by atoms with E-state index in [1.807, 2.05) is 0 Å². The molecular formula is C38H46Br2N4. The molecule has 0 saturated carbocycles. The van der Waals surface area contributed by atoms with Crippen molar-refractivity contribution in [2.24, 2.45) is 9.98 Å². The number of nitrogens with one attached hydrogen (secondary N) is 2. The van der Waals surface area contributed by atoms with Gasteiger partial charge in [0.15, 0.2) is 0 Å². The number of halogens is 2. The van der Waals surface area contributed by atoms with Crippen molar-refractivity contribution in [3.8, 4) is 0 Å². The Kier molecular flexibility index (Phi) is 10.5. The number of aromatic nitrogens is 2. The van der Waals surface area contributed by atoms with Crippen LogP contribution in [-0.4, -0.2) is 21.4 Å². The van der Waals surface area contributed by atoms with Gasteiger partial charge in [0.2, 0.25) is 0 Å². The molecule has 2 N–H and O–H groups in total. The Morgan fingerprint density at radius 1 is 0.705 bits per heavy atom. The molecule has 1 aliphatic carbocycles. The van der Waals surface area contributed by atoms with Gasteiger partial charge in [-0.3, -0.25) is 9.98 Å². The highest BCUT2D eigenvalue weighted by Crippen LogP contribution is 2.44. The Hall–Kier alpha value is -2.96. The maximum absolute atomic E-state index is 5.39. The Morgan fingerprint density at radius 2 is 1.27 bits per heavy atom. The van der Waals surface area contributed by atoms with Crippen LogP contribution in [0.3, 0.4) is 0 Å². The fourth-order valence-corrected chi connectivity index (χ4v) is 7.47. The van der Waals surface area contributed by atoms with Crippen LogP contribution in [0, 0.1) is 27.7 Å². The lowest BCUT2D eigenvalue weighted by Crippen LogP contribution is -2.13. The van der Waals surface area contributed by atoms with E-state index >= 15 is 0 Å². The van der Waals surface area contributed by atoms with Crippen LogP contribution in [0.4, 0.5) is 0 Å². The van der Waals surface area contributed by atoms with Crippen LogP contribution in [0.15, 0.2) is 62.4 Å². The molecule has 0 radical (unpaired) electrons. The number of benzene rings is 1. The summed E-state index contributed by atoms with van der Waals surface area (Å²) in [6.07, 6.45) is 10.4. The highest BCUT2D eigenvalue weighted by Gasteiger charge is 2.32. The van der Waals surface area contributed by atoms with Gasteiger partial charge in [-0.05, 0) is 129 Å². The van der Waals surface area contributed by atoms with E-state index in [0.717, 1.165) is 49.9 Å². The number of nitrogens with zero attached hydrogens (tertiary/aromatic N) is 2. The number of aromatic amines is 2. The van der Waals surface area contributed by atoms with Gasteiger partial charge in [-0.25, -0.2) is 0 Å². The molecule has 0 fully saturated rings. The van der Waals surface area contributed by atoms with Crippen molar-refractivity contribution in [1.82, 2.24) is 9.97 Å². The fraction of sp³-hybridized carbons (Fsp3) is 0.368. The van der Waals surface area contributed by atoms with Crippen LogP contribution in [0.2, 0.25) is 0 Å². The van der Waals surface area contributed by atoms with E-state index in [1.165, 1.54) is 89.9 Å². The van der Waals surface area contributed by atoms with Gasteiger partial charge in [0, 0.05) is 34.8 Å². The Bertz CT molecular complexity index is 1800. The number of hydrogen-bond acceptors (Lipinski definition) is 2. The SMILES string of the molecule is Br.Br.CCC1=C(C)/C(=C/c2[nH]c(C)c(CC)c2C)N=C1CC1=N/C(=C\c2[nH]c(C)c(CC)c2C)C2=C1CCc1ccccc12. The lowest BCUT2D eigenvalue weighted by molar-refractivity contribution is 0.955. The number of H-pyrrole nitrogens is 2. The van der Waals surface area contributed by atoms with Crippen molar-refractivity contribution >= 4 is 63.1 Å². The quantitative estimate of drug-likeness (QED) is 0.244. The molecule has 6 rings (SSSR count). The van der Waals surface area contributed by atoms with Crippen molar-refractivity contribution in [3.05, 3.63) is 109 Å². The molecule has 0 amide bonds. The molecular weight excluding hydrogens is 672 g/mol. The predicted molar refractivity (Wildman–Crippen MR) is 200 cm³/mol. The molecule has 0 saturated heterocycles. The normalized spacial score (nSPS) is 17.5. The Labute approximate surface area is 284 Å². The average molecular weight is 719 g/mol. The van der Waals surface area contributed by atoms with Gasteiger partial charge in [0.05, 0.1) is 22.8 Å². The molecule has 4 nitrogen and oxygen atoms in total. The summed E-state index contributed by atoms with van der Waals surface area (Å²) < 4.78 is 0. The highest BCUT2D eigenvalue weighted by molar-refractivity contribution is 8.93. The summed E-state index contributed by atoms with van der Waals surface area (Å²) >= 11 is 0. The van der Waals surface area contributed by atoms with Crippen molar-refractivity contribution in [3.63, 3.8) is 0 Å². The third-order valence-corrected chi connectivity index (χ3v) is 9.75. The van der Waals surface area contributed by atoms with Gasteiger partial charge in [0.25, 0.3) is 0 Å². The topological polar surface area (TPSA) is 56.3 Å². The molecule has 232 valence electrons. The highest BCUT2D eigenvalue weighted by atomic mass is 79.9. The van der Waals surface area contributed by atoms with Crippen LogP contribution in [0.25, 0.3) is 17.7 Å². The standard InChI is InChI=1S/C38H44N4.2BrH/c1-9-27-21(4)32(39-24(27)7)18-34-23(6)29(11-3)35(41-34)20-36-31-17-16-26-14-12-13-15-30(26)38(31)37(42-36)19-33-22(5)28(10-2)25(8)40-33;;/h12-15,18-19,39-40H,9-11,16-17,20H2,1-8H3;2*1H/b34-18-,37-19-;;. The van der Waals surface area contributed by atoms with Crippen LogP contribution < -0.4 is 0 Å². The number of fused-ring (bicyclic) bond motifs is 2. The maximum atomic E-state index is 5.39. The molecule has 0 atom stereocenters. The molecule has 2 aromatic heterocycles. The van der Waals surface area contributed by atoms with E-state index in [2.05, 4.69) is 102 Å². The molecule has 0 unspecified atom stereocenters. The summed E-state index contributed by atoms with van der Waals surface area (Å²) in [5.74, 6) is 0. The van der Waals surface area contributed by atoms with Crippen LogP contribution in [-0.2, 0) is 19.3 Å². The van der Waals surface area contributed by atoms with Crippen LogP contribution >= 0.6 is 34.0 Å². The first-order valence-corrected chi connectivity index (χ1v) is 15.7. The fourth-order valence-electron chi connectivity index (χ4n) is 7.47. The minimum absolute atomic E-state index is 0. The zero-order valence-corrected chi connectivity index (χ0v) is 30.8. The number of hydrogen-bond donors (Lipinski definition) is 2. The summed E-state index contributed by atoms with van der Waals surface area (Å²) in [5, 5.41) is 0. The molecule has 6 heteroatoms. The molecule has 0 bridgehead atoms. The minimum Gasteiger partial charge on any atom is -0.359 e.